The molecule has 3 heterocycles. The highest BCUT2D eigenvalue weighted by Gasteiger charge is 2.13. The monoisotopic (exact) mass is 431 g/mol. The quantitative estimate of drug-likeness (QED) is 0.336. The van der Waals surface area contributed by atoms with Crippen molar-refractivity contribution in [3.05, 3.63) is 23.9 Å². The first-order valence-corrected chi connectivity index (χ1v) is 12.2. The van der Waals surface area contributed by atoms with Crippen molar-refractivity contribution in [2.45, 2.75) is 58.4 Å². The molecule has 1 aromatic heterocycles. The second-order valence-electron chi connectivity index (χ2n) is 8.53. The van der Waals surface area contributed by atoms with Gasteiger partial charge in [0.15, 0.2) is 5.96 Å². The summed E-state index contributed by atoms with van der Waals surface area (Å²) in [5, 5.41) is 6.77. The summed E-state index contributed by atoms with van der Waals surface area (Å²) in [4.78, 5) is 11.8. The maximum atomic E-state index is 5.86. The van der Waals surface area contributed by atoms with E-state index in [1.165, 1.54) is 31.2 Å². The zero-order valence-electron chi connectivity index (χ0n) is 19.3. The van der Waals surface area contributed by atoms with Crippen molar-refractivity contribution in [2.24, 2.45) is 10.9 Å². The number of hydrogen-bond donors (Lipinski definition) is 2. The van der Waals surface area contributed by atoms with Crippen molar-refractivity contribution >= 4 is 11.8 Å². The molecule has 2 fully saturated rings. The Morgan fingerprint density at radius 3 is 2.77 bits per heavy atom. The van der Waals surface area contributed by atoms with Gasteiger partial charge >= 0.3 is 0 Å². The molecule has 0 spiro atoms. The SMILES string of the molecule is CCNC(=NCc1ccnc(N2CCCCCC2)c1)NCCCOCC1CCOCC1. The van der Waals surface area contributed by atoms with Gasteiger partial charge in [-0.2, -0.15) is 0 Å². The number of nitrogens with one attached hydrogen (secondary N) is 2. The Labute approximate surface area is 188 Å². The molecule has 7 nitrogen and oxygen atoms in total. The van der Waals surface area contributed by atoms with Gasteiger partial charge in [-0.25, -0.2) is 9.98 Å². The van der Waals surface area contributed by atoms with Gasteiger partial charge in [-0.1, -0.05) is 12.8 Å². The highest BCUT2D eigenvalue weighted by Crippen LogP contribution is 2.18. The molecule has 0 atom stereocenters. The lowest BCUT2D eigenvalue weighted by Gasteiger charge is -2.21. The van der Waals surface area contributed by atoms with Crippen molar-refractivity contribution in [3.8, 4) is 0 Å². The van der Waals surface area contributed by atoms with Gasteiger partial charge < -0.3 is 25.0 Å². The van der Waals surface area contributed by atoms with Crippen LogP contribution in [-0.4, -0.2) is 63.6 Å². The Balaban J connectivity index is 1.39. The van der Waals surface area contributed by atoms with Crippen LogP contribution in [0.1, 0.15) is 57.4 Å². The third kappa shape index (κ3) is 9.03. The molecule has 0 saturated carbocycles. The van der Waals surface area contributed by atoms with Gasteiger partial charge in [0.05, 0.1) is 6.54 Å². The third-order valence-electron chi connectivity index (χ3n) is 5.96. The van der Waals surface area contributed by atoms with E-state index in [1.54, 1.807) is 0 Å². The summed E-state index contributed by atoms with van der Waals surface area (Å²) in [6.45, 7) is 10.1. The average molecular weight is 432 g/mol. The third-order valence-corrected chi connectivity index (χ3v) is 5.96. The van der Waals surface area contributed by atoms with E-state index in [-0.39, 0.29) is 0 Å². The predicted octanol–water partition coefficient (Wildman–Crippen LogP) is 3.35. The molecule has 0 aliphatic carbocycles. The number of aliphatic imine (C=N–C) groups is 1. The molecule has 0 bridgehead atoms. The highest BCUT2D eigenvalue weighted by molar-refractivity contribution is 5.79. The summed E-state index contributed by atoms with van der Waals surface area (Å²) in [5.74, 6) is 2.62. The van der Waals surface area contributed by atoms with E-state index in [2.05, 4.69) is 39.6 Å². The topological polar surface area (TPSA) is 71.0 Å². The molecule has 2 saturated heterocycles. The van der Waals surface area contributed by atoms with E-state index in [1.807, 2.05) is 6.20 Å². The molecule has 31 heavy (non-hydrogen) atoms. The van der Waals surface area contributed by atoms with Crippen LogP contribution in [0.4, 0.5) is 5.82 Å². The van der Waals surface area contributed by atoms with Gasteiger partial charge in [-0.3, -0.25) is 0 Å². The Bertz CT molecular complexity index is 641. The van der Waals surface area contributed by atoms with Crippen LogP contribution in [-0.2, 0) is 16.0 Å². The van der Waals surface area contributed by atoms with Crippen LogP contribution < -0.4 is 15.5 Å². The largest absolute Gasteiger partial charge is 0.381 e. The minimum atomic E-state index is 0.652. The lowest BCUT2D eigenvalue weighted by molar-refractivity contribution is 0.0203. The number of hydrogen-bond acceptors (Lipinski definition) is 5. The van der Waals surface area contributed by atoms with E-state index < -0.39 is 0 Å². The molecule has 0 aromatic carbocycles. The van der Waals surface area contributed by atoms with Gasteiger partial charge in [-0.15, -0.1) is 0 Å². The predicted molar refractivity (Wildman–Crippen MR) is 127 cm³/mol. The van der Waals surface area contributed by atoms with Gasteiger partial charge in [0.25, 0.3) is 0 Å². The first kappa shape index (κ1) is 23.8. The number of anilines is 1. The summed E-state index contributed by atoms with van der Waals surface area (Å²) < 4.78 is 11.3. The Kier molecular flexibility index (Phi) is 10.9. The standard InChI is InChI=1S/C24H41N5O2/c1-2-25-24(27-11-7-15-31-20-21-9-16-30-17-10-21)28-19-22-8-12-26-23(18-22)29-13-5-3-4-6-14-29/h8,12,18,21H,2-7,9-11,13-17,19-20H2,1H3,(H2,25,27,28). The molecular weight excluding hydrogens is 390 g/mol. The van der Waals surface area contributed by atoms with Crippen molar-refractivity contribution in [2.75, 3.05) is 57.5 Å². The fraction of sp³-hybridized carbons (Fsp3) is 0.750. The average Bonchev–Trinajstić information content (AvgIpc) is 3.10. The van der Waals surface area contributed by atoms with E-state index in [0.29, 0.717) is 12.5 Å². The molecule has 2 N–H and O–H groups in total. The Hall–Kier alpha value is -1.86. The zero-order chi connectivity index (χ0) is 21.6. The summed E-state index contributed by atoms with van der Waals surface area (Å²) in [7, 11) is 0. The van der Waals surface area contributed by atoms with Crippen LogP contribution in [0.2, 0.25) is 0 Å². The van der Waals surface area contributed by atoms with E-state index in [0.717, 1.165) is 83.6 Å². The van der Waals surface area contributed by atoms with E-state index >= 15 is 0 Å². The maximum Gasteiger partial charge on any atom is 0.191 e. The van der Waals surface area contributed by atoms with Gasteiger partial charge in [0.1, 0.15) is 5.82 Å². The van der Waals surface area contributed by atoms with Crippen LogP contribution >= 0.6 is 0 Å². The van der Waals surface area contributed by atoms with Crippen LogP contribution in [0.5, 0.6) is 0 Å². The molecule has 3 rings (SSSR count). The molecule has 7 heteroatoms. The van der Waals surface area contributed by atoms with Crippen molar-refractivity contribution in [1.29, 1.82) is 0 Å². The Morgan fingerprint density at radius 1 is 1.19 bits per heavy atom. The number of aromatic nitrogens is 1. The van der Waals surface area contributed by atoms with Crippen LogP contribution in [0.15, 0.2) is 23.3 Å². The summed E-state index contributed by atoms with van der Waals surface area (Å²) in [5.41, 5.74) is 1.20. The number of pyridine rings is 1. The molecule has 1 aromatic rings. The van der Waals surface area contributed by atoms with E-state index in [4.69, 9.17) is 14.5 Å². The van der Waals surface area contributed by atoms with Crippen molar-refractivity contribution in [3.63, 3.8) is 0 Å². The van der Waals surface area contributed by atoms with Crippen molar-refractivity contribution in [1.82, 2.24) is 15.6 Å². The summed E-state index contributed by atoms with van der Waals surface area (Å²) >= 11 is 0. The number of nitrogens with zero attached hydrogens (tertiary/aromatic N) is 3. The molecule has 2 aliphatic heterocycles. The number of ether oxygens (including phenoxy) is 2. The lowest BCUT2D eigenvalue weighted by Crippen LogP contribution is -2.38. The molecule has 0 radical (unpaired) electrons. The fourth-order valence-electron chi connectivity index (χ4n) is 4.09. The van der Waals surface area contributed by atoms with Gasteiger partial charge in [0.2, 0.25) is 0 Å². The zero-order valence-corrected chi connectivity index (χ0v) is 19.3. The summed E-state index contributed by atoms with van der Waals surface area (Å²) in [6, 6.07) is 4.26. The number of rotatable bonds is 10. The fourth-order valence-corrected chi connectivity index (χ4v) is 4.09. The minimum Gasteiger partial charge on any atom is -0.381 e. The molecule has 0 amide bonds. The van der Waals surface area contributed by atoms with Crippen LogP contribution in [0.3, 0.4) is 0 Å². The highest BCUT2D eigenvalue weighted by atomic mass is 16.5. The summed E-state index contributed by atoms with van der Waals surface area (Å²) in [6.07, 6.45) is 10.3. The molecule has 174 valence electrons. The first-order valence-electron chi connectivity index (χ1n) is 12.2. The lowest BCUT2D eigenvalue weighted by atomic mass is 10.0. The number of guanidine groups is 1. The van der Waals surface area contributed by atoms with Gasteiger partial charge in [0, 0.05) is 58.8 Å². The minimum absolute atomic E-state index is 0.652. The van der Waals surface area contributed by atoms with Gasteiger partial charge in [-0.05, 0) is 62.6 Å². The first-order chi connectivity index (χ1) is 15.3. The van der Waals surface area contributed by atoms with Crippen LogP contribution in [0.25, 0.3) is 0 Å². The smallest absolute Gasteiger partial charge is 0.191 e. The second kappa shape index (κ2) is 14.2. The molecular formula is C24H41N5O2. The van der Waals surface area contributed by atoms with Crippen molar-refractivity contribution < 1.29 is 9.47 Å². The molecule has 0 unspecified atom stereocenters. The van der Waals surface area contributed by atoms with E-state index in [9.17, 15) is 0 Å². The normalized spacial score (nSPS) is 18.6. The maximum absolute atomic E-state index is 5.86. The molecule has 2 aliphatic rings. The second-order valence-corrected chi connectivity index (χ2v) is 8.53. The Morgan fingerprint density at radius 2 is 2.00 bits per heavy atom. The van der Waals surface area contributed by atoms with Crippen LogP contribution in [0, 0.1) is 5.92 Å².